The van der Waals surface area contributed by atoms with Crippen molar-refractivity contribution in [1.29, 1.82) is 0 Å². The van der Waals surface area contributed by atoms with Crippen molar-refractivity contribution >= 4 is 0 Å². The van der Waals surface area contributed by atoms with Gasteiger partial charge in [-0.05, 0) is 0 Å². The highest BCUT2D eigenvalue weighted by Crippen LogP contribution is 2.30. The molecule has 0 amide bonds. The van der Waals surface area contributed by atoms with Gasteiger partial charge >= 0.3 is 0 Å². The smallest absolute Gasteiger partial charge is 0.115 e. The average molecular weight is 340 g/mol. The van der Waals surface area contributed by atoms with E-state index in [2.05, 4.69) is 26.3 Å². The molecule has 2 N–H and O–H groups in total. The quantitative estimate of drug-likeness (QED) is 0.516. The summed E-state index contributed by atoms with van der Waals surface area (Å²) >= 11 is 0. The Morgan fingerprint density at radius 3 is 1.04 bits per heavy atom. The Kier molecular flexibility index (Phi) is 9.78. The van der Waals surface area contributed by atoms with E-state index in [1.54, 1.807) is 24.3 Å². The maximum absolute atomic E-state index is 10.5. The molecule has 6 nitrogen and oxygen atoms in total. The topological polar surface area (TPSA) is 77.4 Å². The van der Waals surface area contributed by atoms with Crippen molar-refractivity contribution in [3.8, 4) is 0 Å². The van der Waals surface area contributed by atoms with Crippen LogP contribution in [-0.4, -0.2) is 73.3 Å². The summed E-state index contributed by atoms with van der Waals surface area (Å²) in [6, 6.07) is 0. The Labute approximate surface area is 143 Å². The standard InChI is InChI=1S/C18H28O6/c1-5-9-21-15-13(19)14(20)16(22-10-6-2)18(24-12-8-4)17(15)23-11-7-3/h5-8,13-20H,1-4,9-12H2. The van der Waals surface area contributed by atoms with Crippen LogP contribution >= 0.6 is 0 Å². The van der Waals surface area contributed by atoms with Gasteiger partial charge < -0.3 is 29.2 Å². The van der Waals surface area contributed by atoms with Gasteiger partial charge in [0.05, 0.1) is 26.4 Å². The number of ether oxygens (including phenoxy) is 4. The summed E-state index contributed by atoms with van der Waals surface area (Å²) in [4.78, 5) is 0. The average Bonchev–Trinajstić information content (AvgIpc) is 2.59. The molecule has 24 heavy (non-hydrogen) atoms. The first-order chi connectivity index (χ1) is 11.6. The second kappa shape index (κ2) is 11.3. The molecule has 1 aliphatic carbocycles. The van der Waals surface area contributed by atoms with Crippen LogP contribution in [0, 0.1) is 0 Å². The van der Waals surface area contributed by atoms with Gasteiger partial charge in [0.15, 0.2) is 0 Å². The predicted octanol–water partition coefficient (Wildman–Crippen LogP) is 1.01. The van der Waals surface area contributed by atoms with Crippen molar-refractivity contribution in [2.24, 2.45) is 0 Å². The molecule has 0 aromatic heterocycles. The molecule has 1 aliphatic rings. The van der Waals surface area contributed by atoms with Crippen LogP contribution < -0.4 is 0 Å². The molecule has 1 rings (SSSR count). The first-order valence-corrected chi connectivity index (χ1v) is 7.88. The minimum atomic E-state index is -1.20. The summed E-state index contributed by atoms with van der Waals surface area (Å²) in [5, 5.41) is 20.9. The van der Waals surface area contributed by atoms with Crippen LogP contribution in [0.2, 0.25) is 0 Å². The minimum Gasteiger partial charge on any atom is -0.387 e. The summed E-state index contributed by atoms with van der Waals surface area (Å²) in [7, 11) is 0. The largest absolute Gasteiger partial charge is 0.387 e. The van der Waals surface area contributed by atoms with Crippen molar-refractivity contribution in [3.05, 3.63) is 50.6 Å². The molecular formula is C18H28O6. The molecule has 1 fully saturated rings. The third-order valence-electron chi connectivity index (χ3n) is 3.62. The Balaban J connectivity index is 3.07. The lowest BCUT2D eigenvalue weighted by atomic mass is 9.84. The molecule has 0 radical (unpaired) electrons. The van der Waals surface area contributed by atoms with Gasteiger partial charge in [0.2, 0.25) is 0 Å². The van der Waals surface area contributed by atoms with Crippen LogP contribution in [0.4, 0.5) is 0 Å². The third kappa shape index (κ3) is 5.37. The van der Waals surface area contributed by atoms with Crippen LogP contribution in [0.25, 0.3) is 0 Å². The second-order valence-corrected chi connectivity index (χ2v) is 5.33. The van der Waals surface area contributed by atoms with Crippen LogP contribution in [-0.2, 0) is 18.9 Å². The molecule has 6 atom stereocenters. The number of rotatable bonds is 12. The summed E-state index contributed by atoms with van der Waals surface area (Å²) in [6.45, 7) is 15.3. The van der Waals surface area contributed by atoms with Gasteiger partial charge in [-0.15, -0.1) is 26.3 Å². The fraction of sp³-hybridized carbons (Fsp3) is 0.556. The fourth-order valence-electron chi connectivity index (χ4n) is 2.63. The lowest BCUT2D eigenvalue weighted by Gasteiger charge is -2.46. The lowest BCUT2D eigenvalue weighted by molar-refractivity contribution is -0.258. The van der Waals surface area contributed by atoms with Gasteiger partial charge in [0.1, 0.15) is 36.6 Å². The fourth-order valence-corrected chi connectivity index (χ4v) is 2.63. The van der Waals surface area contributed by atoms with Crippen molar-refractivity contribution in [2.75, 3.05) is 26.4 Å². The molecule has 0 bridgehead atoms. The third-order valence-corrected chi connectivity index (χ3v) is 3.62. The van der Waals surface area contributed by atoms with E-state index >= 15 is 0 Å². The highest BCUT2D eigenvalue weighted by atomic mass is 16.6. The second-order valence-electron chi connectivity index (χ2n) is 5.33. The van der Waals surface area contributed by atoms with E-state index in [1.165, 1.54) is 0 Å². The summed E-state index contributed by atoms with van der Waals surface area (Å²) in [5.41, 5.74) is 0. The molecule has 6 heteroatoms. The SMILES string of the molecule is C=CCOC1C(O)C(O)C(OCC=C)C(OCC=C)C1OCC=C. The van der Waals surface area contributed by atoms with E-state index in [9.17, 15) is 10.2 Å². The Morgan fingerprint density at radius 1 is 0.542 bits per heavy atom. The molecular weight excluding hydrogens is 312 g/mol. The zero-order valence-corrected chi connectivity index (χ0v) is 14.0. The molecule has 0 aliphatic heterocycles. The number of hydrogen-bond acceptors (Lipinski definition) is 6. The maximum Gasteiger partial charge on any atom is 0.115 e. The normalized spacial score (nSPS) is 32.9. The highest BCUT2D eigenvalue weighted by Gasteiger charge is 2.52. The molecule has 0 aromatic carbocycles. The zero-order valence-electron chi connectivity index (χ0n) is 14.0. The maximum atomic E-state index is 10.5. The molecule has 136 valence electrons. The summed E-state index contributed by atoms with van der Waals surface area (Å²) in [6.07, 6.45) is 1.00. The first kappa shape index (κ1) is 20.8. The van der Waals surface area contributed by atoms with Crippen LogP contribution in [0.1, 0.15) is 0 Å². The van der Waals surface area contributed by atoms with Gasteiger partial charge in [-0.3, -0.25) is 0 Å². The first-order valence-electron chi connectivity index (χ1n) is 7.88. The molecule has 6 unspecified atom stereocenters. The van der Waals surface area contributed by atoms with Crippen molar-refractivity contribution in [3.63, 3.8) is 0 Å². The monoisotopic (exact) mass is 340 g/mol. The van der Waals surface area contributed by atoms with Gasteiger partial charge in [-0.1, -0.05) is 24.3 Å². The summed E-state index contributed by atoms with van der Waals surface area (Å²) in [5.74, 6) is 0. The molecule has 1 saturated carbocycles. The van der Waals surface area contributed by atoms with Crippen molar-refractivity contribution in [2.45, 2.75) is 36.6 Å². The molecule has 0 aromatic rings. The van der Waals surface area contributed by atoms with E-state index < -0.39 is 36.6 Å². The van der Waals surface area contributed by atoms with E-state index in [1.807, 2.05) is 0 Å². The minimum absolute atomic E-state index is 0.203. The predicted molar refractivity (Wildman–Crippen MR) is 91.8 cm³/mol. The van der Waals surface area contributed by atoms with Crippen LogP contribution in [0.3, 0.4) is 0 Å². The van der Waals surface area contributed by atoms with Gasteiger partial charge in [-0.2, -0.15) is 0 Å². The molecule has 0 saturated heterocycles. The van der Waals surface area contributed by atoms with Crippen LogP contribution in [0.15, 0.2) is 50.6 Å². The van der Waals surface area contributed by atoms with Gasteiger partial charge in [0, 0.05) is 0 Å². The number of hydrogen-bond donors (Lipinski definition) is 2. The van der Waals surface area contributed by atoms with Crippen LogP contribution in [0.5, 0.6) is 0 Å². The number of aliphatic hydroxyl groups excluding tert-OH is 2. The Bertz CT molecular complexity index is 372. The van der Waals surface area contributed by atoms with E-state index in [-0.39, 0.29) is 26.4 Å². The van der Waals surface area contributed by atoms with E-state index in [0.29, 0.717) is 0 Å². The Morgan fingerprint density at radius 2 is 0.792 bits per heavy atom. The molecule has 0 heterocycles. The van der Waals surface area contributed by atoms with Gasteiger partial charge in [-0.25, -0.2) is 0 Å². The number of aliphatic hydroxyl groups is 2. The van der Waals surface area contributed by atoms with E-state index in [4.69, 9.17) is 18.9 Å². The molecule has 0 spiro atoms. The van der Waals surface area contributed by atoms with Gasteiger partial charge in [0.25, 0.3) is 0 Å². The van der Waals surface area contributed by atoms with E-state index in [0.717, 1.165) is 0 Å². The van der Waals surface area contributed by atoms with Crippen molar-refractivity contribution < 1.29 is 29.2 Å². The summed E-state index contributed by atoms with van der Waals surface area (Å²) < 4.78 is 22.8. The zero-order chi connectivity index (χ0) is 17.9. The lowest BCUT2D eigenvalue weighted by Crippen LogP contribution is -2.66. The highest BCUT2D eigenvalue weighted by molar-refractivity contribution is 5.03. The van der Waals surface area contributed by atoms with Crippen molar-refractivity contribution in [1.82, 2.24) is 0 Å². The Hall–Kier alpha value is -1.28.